The maximum Gasteiger partial charge on any atom is 0.325 e. The van der Waals surface area contributed by atoms with Gasteiger partial charge in [-0.3, -0.25) is 19.4 Å². The van der Waals surface area contributed by atoms with Gasteiger partial charge in [-0.1, -0.05) is 30.3 Å². The average Bonchev–Trinajstić information content (AvgIpc) is 2.88. The van der Waals surface area contributed by atoms with E-state index in [1.165, 1.54) is 0 Å². The van der Waals surface area contributed by atoms with Crippen LogP contribution in [-0.2, 0) is 9.59 Å². The molecule has 1 unspecified atom stereocenters. The fourth-order valence-corrected chi connectivity index (χ4v) is 2.99. The quantitative estimate of drug-likeness (QED) is 0.800. The standard InChI is InChI=1S/C16H20N4O3/c1-18-7-8-19(10-13(18)12-5-3-2-4-6-12)15(22)11-20-14(21)9-17-16(20)23/h2-6,13H,7-11H2,1H3,(H,17,23). The summed E-state index contributed by atoms with van der Waals surface area (Å²) in [6.07, 6.45) is 0. The van der Waals surface area contributed by atoms with Crippen LogP contribution in [0, 0.1) is 0 Å². The van der Waals surface area contributed by atoms with Gasteiger partial charge in [-0.15, -0.1) is 0 Å². The van der Waals surface area contributed by atoms with Gasteiger partial charge >= 0.3 is 6.03 Å². The van der Waals surface area contributed by atoms with Crippen LogP contribution >= 0.6 is 0 Å². The van der Waals surface area contributed by atoms with Crippen LogP contribution in [0.3, 0.4) is 0 Å². The van der Waals surface area contributed by atoms with Crippen LogP contribution in [0.4, 0.5) is 4.79 Å². The van der Waals surface area contributed by atoms with E-state index < -0.39 is 6.03 Å². The molecule has 2 saturated heterocycles. The number of carbonyl (C=O) groups is 3. The molecule has 0 aliphatic carbocycles. The van der Waals surface area contributed by atoms with Gasteiger partial charge in [0, 0.05) is 19.6 Å². The largest absolute Gasteiger partial charge is 0.338 e. The zero-order chi connectivity index (χ0) is 16.4. The summed E-state index contributed by atoms with van der Waals surface area (Å²) in [7, 11) is 2.04. The van der Waals surface area contributed by atoms with Crippen molar-refractivity contribution in [2.75, 3.05) is 39.8 Å². The third kappa shape index (κ3) is 3.19. The number of imide groups is 1. The number of benzene rings is 1. The average molecular weight is 316 g/mol. The highest BCUT2D eigenvalue weighted by molar-refractivity contribution is 6.04. The lowest BCUT2D eigenvalue weighted by atomic mass is 10.0. The van der Waals surface area contributed by atoms with Crippen molar-refractivity contribution in [1.82, 2.24) is 20.0 Å². The lowest BCUT2D eigenvalue weighted by molar-refractivity contribution is -0.138. The van der Waals surface area contributed by atoms with Crippen molar-refractivity contribution in [3.05, 3.63) is 35.9 Å². The van der Waals surface area contributed by atoms with Crippen LogP contribution in [0.5, 0.6) is 0 Å². The van der Waals surface area contributed by atoms with Crippen molar-refractivity contribution in [3.63, 3.8) is 0 Å². The molecule has 2 heterocycles. The molecule has 7 nitrogen and oxygen atoms in total. The molecule has 1 atom stereocenters. The maximum absolute atomic E-state index is 12.5. The normalized spacial score (nSPS) is 22.4. The van der Waals surface area contributed by atoms with Crippen molar-refractivity contribution >= 4 is 17.8 Å². The molecule has 1 N–H and O–H groups in total. The molecule has 2 fully saturated rings. The van der Waals surface area contributed by atoms with Crippen molar-refractivity contribution in [1.29, 1.82) is 0 Å². The second kappa shape index (κ2) is 6.37. The Kier molecular flexibility index (Phi) is 4.29. The van der Waals surface area contributed by atoms with Gasteiger partial charge in [-0.25, -0.2) is 4.79 Å². The van der Waals surface area contributed by atoms with E-state index in [1.54, 1.807) is 4.90 Å². The monoisotopic (exact) mass is 316 g/mol. The number of amides is 4. The topological polar surface area (TPSA) is 73.0 Å². The van der Waals surface area contributed by atoms with Gasteiger partial charge in [0.1, 0.15) is 6.54 Å². The summed E-state index contributed by atoms with van der Waals surface area (Å²) < 4.78 is 0. The Bertz CT molecular complexity index is 603. The Morgan fingerprint density at radius 2 is 1.96 bits per heavy atom. The van der Waals surface area contributed by atoms with Gasteiger partial charge in [0.2, 0.25) is 5.91 Å². The van der Waals surface area contributed by atoms with Crippen LogP contribution in [0.2, 0.25) is 0 Å². The number of nitrogens with one attached hydrogen (secondary N) is 1. The molecule has 7 heteroatoms. The molecule has 0 radical (unpaired) electrons. The number of rotatable bonds is 3. The van der Waals surface area contributed by atoms with E-state index in [4.69, 9.17) is 0 Å². The van der Waals surface area contributed by atoms with E-state index in [1.807, 2.05) is 37.4 Å². The van der Waals surface area contributed by atoms with Crippen molar-refractivity contribution in [3.8, 4) is 0 Å². The zero-order valence-corrected chi connectivity index (χ0v) is 13.1. The number of likely N-dealkylation sites (N-methyl/N-ethyl adjacent to an activating group) is 1. The van der Waals surface area contributed by atoms with E-state index in [0.717, 1.165) is 17.0 Å². The first-order valence-corrected chi connectivity index (χ1v) is 7.67. The highest BCUT2D eigenvalue weighted by atomic mass is 16.2. The molecule has 1 aromatic rings. The predicted molar refractivity (Wildman–Crippen MR) is 83.5 cm³/mol. The summed E-state index contributed by atoms with van der Waals surface area (Å²) in [4.78, 5) is 40.6. The first kappa shape index (κ1) is 15.5. The number of carbonyl (C=O) groups excluding carboxylic acids is 3. The summed E-state index contributed by atoms with van der Waals surface area (Å²) in [5, 5.41) is 2.43. The highest BCUT2D eigenvalue weighted by Crippen LogP contribution is 2.23. The molecular weight excluding hydrogens is 296 g/mol. The Hall–Kier alpha value is -2.41. The van der Waals surface area contributed by atoms with Crippen LogP contribution in [0.15, 0.2) is 30.3 Å². The Morgan fingerprint density at radius 1 is 1.22 bits per heavy atom. The van der Waals surface area contributed by atoms with Crippen molar-refractivity contribution in [2.45, 2.75) is 6.04 Å². The van der Waals surface area contributed by atoms with E-state index in [2.05, 4.69) is 10.2 Å². The van der Waals surface area contributed by atoms with Gasteiger partial charge in [0.05, 0.1) is 12.6 Å². The van der Waals surface area contributed by atoms with Gasteiger partial charge < -0.3 is 10.2 Å². The fraction of sp³-hybridized carbons (Fsp3) is 0.438. The van der Waals surface area contributed by atoms with Crippen LogP contribution in [0.25, 0.3) is 0 Å². The van der Waals surface area contributed by atoms with Gasteiger partial charge in [-0.05, 0) is 12.6 Å². The molecule has 4 amide bonds. The Balaban J connectivity index is 1.67. The minimum atomic E-state index is -0.489. The molecule has 0 saturated carbocycles. The molecule has 1 aromatic carbocycles. The smallest absolute Gasteiger partial charge is 0.325 e. The summed E-state index contributed by atoms with van der Waals surface area (Å²) in [5.41, 5.74) is 1.16. The Labute approximate surface area is 134 Å². The van der Waals surface area contributed by atoms with Crippen molar-refractivity contribution in [2.24, 2.45) is 0 Å². The number of piperazine rings is 1. The summed E-state index contributed by atoms with van der Waals surface area (Å²) in [6, 6.07) is 9.66. The number of nitrogens with zero attached hydrogens (tertiary/aromatic N) is 3. The molecule has 2 aliphatic rings. The van der Waals surface area contributed by atoms with Crippen LogP contribution in [-0.4, -0.2) is 72.3 Å². The predicted octanol–water partition coefficient (Wildman–Crippen LogP) is 0.0535. The molecule has 2 aliphatic heterocycles. The molecule has 3 rings (SSSR count). The first-order chi connectivity index (χ1) is 11.1. The SMILES string of the molecule is CN1CCN(C(=O)CN2C(=O)CNC2=O)CC1c1ccccc1. The van der Waals surface area contributed by atoms with E-state index >= 15 is 0 Å². The maximum atomic E-state index is 12.5. The summed E-state index contributed by atoms with van der Waals surface area (Å²) in [5.74, 6) is -0.540. The number of hydrogen-bond acceptors (Lipinski definition) is 4. The highest BCUT2D eigenvalue weighted by Gasteiger charge is 2.34. The molecule has 0 aromatic heterocycles. The van der Waals surface area contributed by atoms with Crippen LogP contribution in [0.1, 0.15) is 11.6 Å². The molecule has 0 spiro atoms. The summed E-state index contributed by atoms with van der Waals surface area (Å²) in [6.45, 7) is 1.70. The third-order valence-electron chi connectivity index (χ3n) is 4.42. The molecular formula is C16H20N4O3. The Morgan fingerprint density at radius 3 is 2.61 bits per heavy atom. The van der Waals surface area contributed by atoms with Gasteiger partial charge in [-0.2, -0.15) is 0 Å². The summed E-state index contributed by atoms with van der Waals surface area (Å²) >= 11 is 0. The fourth-order valence-electron chi connectivity index (χ4n) is 2.99. The zero-order valence-electron chi connectivity index (χ0n) is 13.1. The van der Waals surface area contributed by atoms with E-state index in [-0.39, 0.29) is 30.9 Å². The number of urea groups is 1. The molecule has 0 bridgehead atoms. The third-order valence-corrected chi connectivity index (χ3v) is 4.42. The van der Waals surface area contributed by atoms with E-state index in [9.17, 15) is 14.4 Å². The minimum absolute atomic E-state index is 0.0263. The van der Waals surface area contributed by atoms with Crippen LogP contribution < -0.4 is 5.32 Å². The molecule has 122 valence electrons. The lowest BCUT2D eigenvalue weighted by Crippen LogP contribution is -2.52. The first-order valence-electron chi connectivity index (χ1n) is 7.67. The van der Waals surface area contributed by atoms with Gasteiger partial charge in [0.15, 0.2) is 0 Å². The van der Waals surface area contributed by atoms with Crippen molar-refractivity contribution < 1.29 is 14.4 Å². The number of hydrogen-bond donors (Lipinski definition) is 1. The van der Waals surface area contributed by atoms with E-state index in [0.29, 0.717) is 13.1 Å². The second-order valence-electron chi connectivity index (χ2n) is 5.89. The minimum Gasteiger partial charge on any atom is -0.338 e. The van der Waals surface area contributed by atoms with Gasteiger partial charge in [0.25, 0.3) is 5.91 Å². The lowest BCUT2D eigenvalue weighted by Gasteiger charge is -2.40. The second-order valence-corrected chi connectivity index (χ2v) is 5.89. The molecule has 23 heavy (non-hydrogen) atoms.